The molecule has 1 unspecified atom stereocenters. The maximum atomic E-state index is 12.6. The van der Waals surface area contributed by atoms with Crippen LogP contribution in [0.15, 0.2) is 0 Å². The van der Waals surface area contributed by atoms with Gasteiger partial charge in [0.15, 0.2) is 0 Å². The average Bonchev–Trinajstić information content (AvgIpc) is 2.38. The van der Waals surface area contributed by atoms with Crippen LogP contribution in [0.3, 0.4) is 0 Å². The van der Waals surface area contributed by atoms with Gasteiger partial charge in [0.1, 0.15) is 0 Å². The molecule has 1 spiro atoms. The van der Waals surface area contributed by atoms with E-state index in [9.17, 15) is 4.79 Å². The Morgan fingerprint density at radius 2 is 1.86 bits per heavy atom. The molecule has 21 heavy (non-hydrogen) atoms. The first-order chi connectivity index (χ1) is 9.93. The highest BCUT2D eigenvalue weighted by Crippen LogP contribution is 2.35. The lowest BCUT2D eigenvalue weighted by molar-refractivity contribution is -0.137. The fourth-order valence-corrected chi connectivity index (χ4v) is 4.27. The number of nitrogens with one attached hydrogen (secondary N) is 1. The van der Waals surface area contributed by atoms with Crippen LogP contribution in [0, 0.1) is 5.41 Å². The first kappa shape index (κ1) is 16.8. The number of carbonyl (C=O) groups excluding carboxylic acids is 1. The zero-order valence-corrected chi connectivity index (χ0v) is 14.3. The van der Waals surface area contributed by atoms with Gasteiger partial charge in [-0.3, -0.25) is 9.69 Å². The van der Waals surface area contributed by atoms with E-state index in [-0.39, 0.29) is 12.1 Å². The molecule has 122 valence electrons. The average molecular weight is 295 g/mol. The fourth-order valence-electron chi connectivity index (χ4n) is 4.27. The van der Waals surface area contributed by atoms with E-state index in [1.165, 1.54) is 25.7 Å². The van der Waals surface area contributed by atoms with Crippen LogP contribution < -0.4 is 5.32 Å². The van der Waals surface area contributed by atoms with Crippen LogP contribution in [0.5, 0.6) is 0 Å². The summed E-state index contributed by atoms with van der Waals surface area (Å²) in [6.07, 6.45) is 5.16. The van der Waals surface area contributed by atoms with Crippen LogP contribution in [0.4, 0.5) is 0 Å². The highest BCUT2D eigenvalue weighted by molar-refractivity contribution is 5.78. The Morgan fingerprint density at radius 1 is 1.19 bits per heavy atom. The summed E-state index contributed by atoms with van der Waals surface area (Å²) < 4.78 is 0. The van der Waals surface area contributed by atoms with Crippen molar-refractivity contribution in [2.75, 3.05) is 32.7 Å². The topological polar surface area (TPSA) is 35.6 Å². The van der Waals surface area contributed by atoms with E-state index in [0.717, 1.165) is 26.2 Å². The Hall–Kier alpha value is -0.610. The first-order valence-electron chi connectivity index (χ1n) is 8.68. The van der Waals surface area contributed by atoms with E-state index < -0.39 is 0 Å². The summed E-state index contributed by atoms with van der Waals surface area (Å²) >= 11 is 0. The largest absolute Gasteiger partial charge is 0.337 e. The minimum Gasteiger partial charge on any atom is -0.337 e. The molecule has 2 heterocycles. The second-order valence-electron chi connectivity index (χ2n) is 7.58. The van der Waals surface area contributed by atoms with Crippen molar-refractivity contribution in [2.45, 2.75) is 65.5 Å². The van der Waals surface area contributed by atoms with Crippen LogP contribution in [0.2, 0.25) is 0 Å². The van der Waals surface area contributed by atoms with E-state index in [1.807, 2.05) is 4.90 Å². The van der Waals surface area contributed by atoms with Gasteiger partial charge in [0.25, 0.3) is 0 Å². The summed E-state index contributed by atoms with van der Waals surface area (Å²) in [6.45, 7) is 13.5. The summed E-state index contributed by atoms with van der Waals surface area (Å²) in [6, 6.07) is 0.570. The number of amides is 1. The number of piperidine rings is 2. The van der Waals surface area contributed by atoms with Gasteiger partial charge in [-0.2, -0.15) is 0 Å². The third-order valence-electron chi connectivity index (χ3n) is 5.06. The van der Waals surface area contributed by atoms with Crippen molar-refractivity contribution in [1.82, 2.24) is 15.1 Å². The molecule has 0 aliphatic carbocycles. The molecule has 1 N–H and O–H groups in total. The molecule has 2 fully saturated rings. The molecular formula is C17H33N3O. The van der Waals surface area contributed by atoms with Gasteiger partial charge in [-0.1, -0.05) is 0 Å². The van der Waals surface area contributed by atoms with Crippen molar-refractivity contribution in [3.05, 3.63) is 0 Å². The van der Waals surface area contributed by atoms with E-state index >= 15 is 0 Å². The lowest BCUT2D eigenvalue weighted by atomic mass is 9.74. The molecule has 0 aromatic carbocycles. The predicted octanol–water partition coefficient (Wildman–Crippen LogP) is 2.10. The number of carbonyl (C=O) groups is 1. The molecule has 0 aromatic heterocycles. The Balaban J connectivity index is 1.94. The summed E-state index contributed by atoms with van der Waals surface area (Å²) in [5.74, 6) is 0.292. The number of likely N-dealkylation sites (tertiary alicyclic amines) is 1. The molecule has 0 bridgehead atoms. The van der Waals surface area contributed by atoms with Crippen LogP contribution >= 0.6 is 0 Å². The zero-order valence-electron chi connectivity index (χ0n) is 14.3. The molecule has 4 nitrogen and oxygen atoms in total. The highest BCUT2D eigenvalue weighted by Gasteiger charge is 2.37. The van der Waals surface area contributed by atoms with E-state index in [2.05, 4.69) is 37.9 Å². The van der Waals surface area contributed by atoms with Crippen LogP contribution in [0.1, 0.15) is 53.4 Å². The van der Waals surface area contributed by atoms with Crippen molar-refractivity contribution in [3.63, 3.8) is 0 Å². The maximum Gasteiger partial charge on any atom is 0.237 e. The molecule has 0 saturated carbocycles. The molecule has 0 radical (unpaired) electrons. The molecule has 2 rings (SSSR count). The van der Waals surface area contributed by atoms with Crippen molar-refractivity contribution >= 4 is 5.91 Å². The highest BCUT2D eigenvalue weighted by atomic mass is 16.2. The van der Waals surface area contributed by atoms with Gasteiger partial charge in [-0.25, -0.2) is 0 Å². The lowest BCUT2D eigenvalue weighted by Gasteiger charge is -2.46. The Morgan fingerprint density at radius 3 is 2.43 bits per heavy atom. The van der Waals surface area contributed by atoms with E-state index in [4.69, 9.17) is 0 Å². The van der Waals surface area contributed by atoms with Crippen molar-refractivity contribution in [1.29, 1.82) is 0 Å². The first-order valence-corrected chi connectivity index (χ1v) is 8.68. The standard InChI is InChI=1S/C17H33N3O/c1-14(2)20(15(3)4)16(21)11-19-10-6-8-17(13-19)7-5-9-18-12-17/h14-15,18H,5-13H2,1-4H3. The molecule has 0 aromatic rings. The summed E-state index contributed by atoms with van der Waals surface area (Å²) in [5.41, 5.74) is 0.428. The number of nitrogens with zero attached hydrogens (tertiary/aromatic N) is 2. The van der Waals surface area contributed by atoms with Crippen molar-refractivity contribution < 1.29 is 4.79 Å². The maximum absolute atomic E-state index is 12.6. The summed E-state index contributed by atoms with van der Waals surface area (Å²) in [7, 11) is 0. The minimum absolute atomic E-state index is 0.285. The van der Waals surface area contributed by atoms with Gasteiger partial charge >= 0.3 is 0 Å². The Kier molecular flexibility index (Phi) is 5.67. The van der Waals surface area contributed by atoms with Gasteiger partial charge in [0, 0.05) is 25.2 Å². The van der Waals surface area contributed by atoms with Gasteiger partial charge in [-0.05, 0) is 71.9 Å². The van der Waals surface area contributed by atoms with Crippen LogP contribution in [-0.4, -0.2) is 60.5 Å². The van der Waals surface area contributed by atoms with Gasteiger partial charge in [0.2, 0.25) is 5.91 Å². The lowest BCUT2D eigenvalue weighted by Crippen LogP contribution is -2.54. The molecular weight excluding hydrogens is 262 g/mol. The Labute approximate surface area is 130 Å². The summed E-state index contributed by atoms with van der Waals surface area (Å²) in [4.78, 5) is 17.1. The van der Waals surface area contributed by atoms with Crippen LogP contribution in [0.25, 0.3) is 0 Å². The van der Waals surface area contributed by atoms with Crippen molar-refractivity contribution in [3.8, 4) is 0 Å². The van der Waals surface area contributed by atoms with Crippen molar-refractivity contribution in [2.24, 2.45) is 5.41 Å². The predicted molar refractivity (Wildman–Crippen MR) is 87.3 cm³/mol. The third kappa shape index (κ3) is 4.19. The fraction of sp³-hybridized carbons (Fsp3) is 0.941. The molecule has 1 amide bonds. The second kappa shape index (κ2) is 7.10. The van der Waals surface area contributed by atoms with E-state index in [0.29, 0.717) is 17.9 Å². The van der Waals surface area contributed by atoms with Crippen LogP contribution in [-0.2, 0) is 4.79 Å². The smallest absolute Gasteiger partial charge is 0.237 e. The van der Waals surface area contributed by atoms with Gasteiger partial charge in [0.05, 0.1) is 6.54 Å². The summed E-state index contributed by atoms with van der Waals surface area (Å²) in [5, 5.41) is 3.56. The van der Waals surface area contributed by atoms with Gasteiger partial charge in [-0.15, -0.1) is 0 Å². The monoisotopic (exact) mass is 295 g/mol. The SMILES string of the molecule is CC(C)N(C(=O)CN1CCCC2(CCCNC2)C1)C(C)C. The molecule has 4 heteroatoms. The number of hydrogen-bond donors (Lipinski definition) is 1. The second-order valence-corrected chi connectivity index (χ2v) is 7.58. The Bertz CT molecular complexity index is 334. The zero-order chi connectivity index (χ0) is 15.5. The molecule has 2 saturated heterocycles. The normalized spacial score (nSPS) is 27.5. The number of rotatable bonds is 4. The molecule has 2 aliphatic heterocycles. The third-order valence-corrected chi connectivity index (χ3v) is 5.06. The molecule has 2 aliphatic rings. The minimum atomic E-state index is 0.285. The quantitative estimate of drug-likeness (QED) is 0.863. The van der Waals surface area contributed by atoms with Gasteiger partial charge < -0.3 is 10.2 Å². The number of hydrogen-bond acceptors (Lipinski definition) is 3. The molecule has 1 atom stereocenters. The van der Waals surface area contributed by atoms with E-state index in [1.54, 1.807) is 0 Å².